The zero-order valence-corrected chi connectivity index (χ0v) is 10.2. The summed E-state index contributed by atoms with van der Waals surface area (Å²) in [5.74, 6) is 0.509. The van der Waals surface area contributed by atoms with Crippen LogP contribution >= 0.6 is 0 Å². The molecule has 1 N–H and O–H groups in total. The molecule has 0 unspecified atom stereocenters. The van der Waals surface area contributed by atoms with Gasteiger partial charge in [-0.3, -0.25) is 4.79 Å². The Morgan fingerprint density at radius 1 is 1.38 bits per heavy atom. The first kappa shape index (κ1) is 13.5. The number of carbonyl (C=O) groups is 1. The van der Waals surface area contributed by atoms with Crippen LogP contribution in [0.3, 0.4) is 0 Å². The molecular weight excluding hydrogens is 206 g/mol. The van der Waals surface area contributed by atoms with E-state index < -0.39 is 5.41 Å². The zero-order valence-electron chi connectivity index (χ0n) is 10.2. The van der Waals surface area contributed by atoms with Crippen molar-refractivity contribution < 1.29 is 15.0 Å². The summed E-state index contributed by atoms with van der Waals surface area (Å²) in [5, 5.41) is 19.6. The number of aliphatic hydroxyl groups excluding tert-OH is 1. The molecular formula is C12H22NO3. The topological polar surface area (TPSA) is 60.4 Å². The normalized spacial score (nSPS) is 18.9. The summed E-state index contributed by atoms with van der Waals surface area (Å²) >= 11 is 0. The summed E-state index contributed by atoms with van der Waals surface area (Å²) in [6, 6.07) is 0. The van der Waals surface area contributed by atoms with Crippen LogP contribution < -0.4 is 0 Å². The summed E-state index contributed by atoms with van der Waals surface area (Å²) < 4.78 is 0. The molecule has 4 heteroatoms. The number of amides is 1. The highest BCUT2D eigenvalue weighted by molar-refractivity contribution is 5.82. The number of piperidine rings is 1. The van der Waals surface area contributed by atoms with E-state index in [9.17, 15) is 9.90 Å². The highest BCUT2D eigenvalue weighted by Gasteiger charge is 2.33. The molecule has 1 aliphatic heterocycles. The zero-order chi connectivity index (χ0) is 12.2. The predicted molar refractivity (Wildman–Crippen MR) is 60.3 cm³/mol. The third kappa shape index (κ3) is 3.19. The Bertz CT molecular complexity index is 232. The number of hydrogen-bond donors (Lipinski definition) is 1. The first-order valence-corrected chi connectivity index (χ1v) is 5.99. The first-order valence-electron chi connectivity index (χ1n) is 5.99. The quantitative estimate of drug-likeness (QED) is 0.782. The number of aliphatic hydroxyl groups is 1. The number of likely N-dealkylation sites (tertiary alicyclic amines) is 1. The molecule has 1 radical (unpaired) electrons. The van der Waals surface area contributed by atoms with Gasteiger partial charge in [0.25, 0.3) is 0 Å². The molecule has 0 aromatic heterocycles. The van der Waals surface area contributed by atoms with E-state index in [4.69, 9.17) is 5.11 Å². The van der Waals surface area contributed by atoms with Crippen molar-refractivity contribution in [1.82, 2.24) is 4.90 Å². The summed E-state index contributed by atoms with van der Waals surface area (Å²) in [6.45, 7) is 4.85. The van der Waals surface area contributed by atoms with Crippen LogP contribution in [-0.4, -0.2) is 42.2 Å². The molecule has 1 saturated heterocycles. The van der Waals surface area contributed by atoms with Crippen LogP contribution in [-0.2, 0) is 9.90 Å². The Hall–Kier alpha value is -0.610. The average Bonchev–Trinajstić information content (AvgIpc) is 2.29. The largest absolute Gasteiger partial charge is 0.395 e. The maximum Gasteiger partial charge on any atom is 0.230 e. The van der Waals surface area contributed by atoms with Gasteiger partial charge in [-0.15, -0.1) is 0 Å². The molecule has 1 aliphatic rings. The number of carbonyl (C=O) groups excluding carboxylic acids is 1. The molecule has 1 amide bonds. The smallest absolute Gasteiger partial charge is 0.230 e. The van der Waals surface area contributed by atoms with Crippen molar-refractivity contribution in [1.29, 1.82) is 0 Å². The second-order valence-electron chi connectivity index (χ2n) is 5.27. The molecule has 0 aromatic rings. The summed E-state index contributed by atoms with van der Waals surface area (Å²) in [6.07, 6.45) is 2.58. The van der Waals surface area contributed by atoms with Crippen LogP contribution in [0, 0.1) is 11.3 Å². The fraction of sp³-hybridized carbons (Fsp3) is 0.917. The van der Waals surface area contributed by atoms with E-state index in [1.54, 1.807) is 13.8 Å². The van der Waals surface area contributed by atoms with Gasteiger partial charge in [0.2, 0.25) is 5.91 Å². The van der Waals surface area contributed by atoms with Gasteiger partial charge in [0.1, 0.15) is 0 Å². The Morgan fingerprint density at radius 2 is 1.94 bits per heavy atom. The standard InChI is InChI=1S/C12H22NO3/c1-12(2,9-15)11(16)13-6-3-10(4-7-13)5-8-14/h10,15H,3-9H2,1-2H3. The monoisotopic (exact) mass is 228 g/mol. The Balaban J connectivity index is 2.45. The van der Waals surface area contributed by atoms with Crippen LogP contribution in [0.2, 0.25) is 0 Å². The molecule has 1 rings (SSSR count). The second kappa shape index (κ2) is 5.64. The minimum Gasteiger partial charge on any atom is -0.395 e. The van der Waals surface area contributed by atoms with Crippen molar-refractivity contribution in [3.8, 4) is 0 Å². The Labute approximate surface area is 97.3 Å². The van der Waals surface area contributed by atoms with Crippen LogP contribution in [0.4, 0.5) is 0 Å². The highest BCUT2D eigenvalue weighted by Crippen LogP contribution is 2.25. The number of rotatable bonds is 4. The summed E-state index contributed by atoms with van der Waals surface area (Å²) in [7, 11) is 0. The second-order valence-corrected chi connectivity index (χ2v) is 5.27. The lowest BCUT2D eigenvalue weighted by Crippen LogP contribution is -2.46. The van der Waals surface area contributed by atoms with Gasteiger partial charge in [0.15, 0.2) is 0 Å². The number of hydrogen-bond acceptors (Lipinski definition) is 2. The van der Waals surface area contributed by atoms with Crippen LogP contribution in [0.25, 0.3) is 0 Å². The van der Waals surface area contributed by atoms with E-state index >= 15 is 0 Å². The fourth-order valence-corrected chi connectivity index (χ4v) is 2.09. The maximum absolute atomic E-state index is 12.0. The maximum atomic E-state index is 12.0. The van der Waals surface area contributed by atoms with Gasteiger partial charge in [0.05, 0.1) is 18.6 Å². The molecule has 1 heterocycles. The van der Waals surface area contributed by atoms with Crippen molar-refractivity contribution >= 4 is 5.91 Å². The van der Waals surface area contributed by atoms with E-state index in [1.807, 2.05) is 4.90 Å². The van der Waals surface area contributed by atoms with Crippen molar-refractivity contribution in [3.05, 3.63) is 0 Å². The van der Waals surface area contributed by atoms with E-state index in [1.165, 1.54) is 0 Å². The lowest BCUT2D eigenvalue weighted by Gasteiger charge is -2.36. The molecule has 93 valence electrons. The predicted octanol–water partition coefficient (Wildman–Crippen LogP) is 1.06. The van der Waals surface area contributed by atoms with E-state index in [0.717, 1.165) is 32.4 Å². The summed E-state index contributed by atoms with van der Waals surface area (Å²) in [5.41, 5.74) is -0.675. The van der Waals surface area contributed by atoms with Gasteiger partial charge in [-0.05, 0) is 39.0 Å². The molecule has 0 spiro atoms. The van der Waals surface area contributed by atoms with Crippen molar-refractivity contribution in [3.63, 3.8) is 0 Å². The molecule has 0 bridgehead atoms. The first-order chi connectivity index (χ1) is 7.51. The molecule has 0 aliphatic carbocycles. The highest BCUT2D eigenvalue weighted by atomic mass is 16.3. The number of nitrogens with zero attached hydrogens (tertiary/aromatic N) is 1. The SMILES string of the molecule is CC(C)(CO)C(=O)N1CCC(CC[O])CC1. The van der Waals surface area contributed by atoms with Crippen LogP contribution in [0.1, 0.15) is 33.1 Å². The fourth-order valence-electron chi connectivity index (χ4n) is 2.09. The van der Waals surface area contributed by atoms with E-state index in [-0.39, 0.29) is 19.1 Å². The Kier molecular flexibility index (Phi) is 4.74. The third-order valence-electron chi connectivity index (χ3n) is 3.40. The minimum absolute atomic E-state index is 0.0131. The molecule has 4 nitrogen and oxygen atoms in total. The molecule has 1 fully saturated rings. The minimum atomic E-state index is -0.675. The molecule has 16 heavy (non-hydrogen) atoms. The van der Waals surface area contributed by atoms with Gasteiger partial charge in [-0.25, -0.2) is 5.11 Å². The van der Waals surface area contributed by atoms with Crippen molar-refractivity contribution in [2.45, 2.75) is 33.1 Å². The average molecular weight is 228 g/mol. The van der Waals surface area contributed by atoms with Crippen molar-refractivity contribution in [2.75, 3.05) is 26.3 Å². The van der Waals surface area contributed by atoms with Gasteiger partial charge in [-0.2, -0.15) is 0 Å². The van der Waals surface area contributed by atoms with Gasteiger partial charge >= 0.3 is 0 Å². The lowest BCUT2D eigenvalue weighted by molar-refractivity contribution is -0.143. The molecule has 0 aromatic carbocycles. The van der Waals surface area contributed by atoms with Crippen LogP contribution in [0.15, 0.2) is 0 Å². The molecule has 0 saturated carbocycles. The van der Waals surface area contributed by atoms with Gasteiger partial charge in [0, 0.05) is 13.1 Å². The lowest BCUT2D eigenvalue weighted by atomic mass is 9.89. The summed E-state index contributed by atoms with van der Waals surface area (Å²) in [4.78, 5) is 13.8. The van der Waals surface area contributed by atoms with Gasteiger partial charge < -0.3 is 10.0 Å². The van der Waals surface area contributed by atoms with Crippen LogP contribution in [0.5, 0.6) is 0 Å². The Morgan fingerprint density at radius 3 is 2.38 bits per heavy atom. The van der Waals surface area contributed by atoms with E-state index in [2.05, 4.69) is 0 Å². The van der Waals surface area contributed by atoms with Gasteiger partial charge in [-0.1, -0.05) is 0 Å². The molecule has 0 atom stereocenters. The van der Waals surface area contributed by atoms with Crippen molar-refractivity contribution in [2.24, 2.45) is 11.3 Å². The van der Waals surface area contributed by atoms with E-state index in [0.29, 0.717) is 5.92 Å². The third-order valence-corrected chi connectivity index (χ3v) is 3.40.